The minimum absolute atomic E-state index is 0.611. The Hall–Kier alpha value is -3.81. The highest BCUT2D eigenvalue weighted by atomic mass is 31.1. The third-order valence-electron chi connectivity index (χ3n) is 14.0. The van der Waals surface area contributed by atoms with Crippen LogP contribution in [0.25, 0.3) is 0 Å². The van der Waals surface area contributed by atoms with Crippen LogP contribution in [-0.4, -0.2) is 31.7 Å². The zero-order valence-corrected chi connectivity index (χ0v) is 39.6. The summed E-state index contributed by atoms with van der Waals surface area (Å²) in [6.07, 6.45) is 9.89. The van der Waals surface area contributed by atoms with Crippen LogP contribution in [0.3, 0.4) is 0 Å². The summed E-state index contributed by atoms with van der Waals surface area (Å²) >= 11 is 0. The van der Waals surface area contributed by atoms with E-state index in [1.165, 1.54) is 145 Å². The molecule has 0 atom stereocenters. The number of hydrogen-bond acceptors (Lipinski definition) is 2. The van der Waals surface area contributed by atoms with Gasteiger partial charge in [-0.15, -0.1) is 0 Å². The SMILES string of the molecule is COc1cccc(OC)c1[PH+](C1CCCC1)C1CCCC1.Cc1cc(C)c([B-](c2c(C)cc(C)cc2C)(c2c(C)cc(C)cc2C)c2c(C)cc(C)cc2C)c(C)c1. The standard InChI is InChI=1S/C36H44B.C18H27O2P/c1-21-13-25(5)33(26(6)14-21)37(34-27(7)15-22(2)16-28(34)8,35-29(9)17-23(3)18-30(35)10)36-31(11)19-24(4)20-32(36)12;1-19-16-12-7-13-17(20-2)18(16)21(14-8-3-4-9-14)15-10-5-6-11-15/h13-20H,1-12H3;7,12-15H,3-6,8-11H2,1-2H3/q-1;/p+1. The molecule has 2 saturated carbocycles. The first-order valence-electron chi connectivity index (χ1n) is 22.2. The molecule has 58 heavy (non-hydrogen) atoms. The zero-order chi connectivity index (χ0) is 42.1. The molecule has 4 heteroatoms. The Bertz CT molecular complexity index is 1910. The number of benzene rings is 5. The average molecular weight is 795 g/mol. The van der Waals surface area contributed by atoms with Crippen molar-refractivity contribution in [1.82, 2.24) is 0 Å². The van der Waals surface area contributed by atoms with Gasteiger partial charge in [0.05, 0.1) is 25.5 Å². The van der Waals surface area contributed by atoms with Crippen molar-refractivity contribution in [2.24, 2.45) is 0 Å². The lowest BCUT2D eigenvalue weighted by atomic mass is 9.10. The number of rotatable bonds is 9. The summed E-state index contributed by atoms with van der Waals surface area (Å²) in [5.74, 6) is 2.14. The molecule has 0 bridgehead atoms. The lowest BCUT2D eigenvalue weighted by Gasteiger charge is -2.51. The van der Waals surface area contributed by atoms with E-state index in [0.717, 1.165) is 22.8 Å². The second-order valence-electron chi connectivity index (χ2n) is 18.6. The third-order valence-corrected chi connectivity index (χ3v) is 18.0. The lowest BCUT2D eigenvalue weighted by Crippen LogP contribution is -2.78. The monoisotopic (exact) mass is 795 g/mol. The van der Waals surface area contributed by atoms with Crippen molar-refractivity contribution in [3.8, 4) is 11.5 Å². The number of hydrogen-bond donors (Lipinski definition) is 0. The predicted molar refractivity (Wildman–Crippen MR) is 259 cm³/mol. The van der Waals surface area contributed by atoms with Gasteiger partial charge in [-0.25, -0.2) is 0 Å². The molecule has 0 radical (unpaired) electrons. The second-order valence-corrected chi connectivity index (χ2v) is 21.6. The maximum Gasteiger partial charge on any atom is 0.175 e. The maximum absolute atomic E-state index is 5.73. The molecule has 2 aliphatic carbocycles. The topological polar surface area (TPSA) is 18.5 Å². The van der Waals surface area contributed by atoms with Gasteiger partial charge in [0, 0.05) is 7.92 Å². The summed E-state index contributed by atoms with van der Waals surface area (Å²) in [6.45, 7) is 27.6. The molecule has 0 amide bonds. The Balaban J connectivity index is 0.000000227. The van der Waals surface area contributed by atoms with Crippen LogP contribution in [0.1, 0.15) is 118 Å². The van der Waals surface area contributed by atoms with Crippen molar-refractivity contribution < 1.29 is 9.47 Å². The fourth-order valence-corrected chi connectivity index (χ4v) is 17.2. The first kappa shape index (κ1) is 43.8. The van der Waals surface area contributed by atoms with Crippen LogP contribution in [0, 0.1) is 83.1 Å². The molecular formula is C54H72BO2P. The van der Waals surface area contributed by atoms with Gasteiger partial charge < -0.3 is 9.47 Å². The van der Waals surface area contributed by atoms with Gasteiger partial charge in [-0.3, -0.25) is 0 Å². The van der Waals surface area contributed by atoms with E-state index in [1.807, 2.05) is 0 Å². The average Bonchev–Trinajstić information content (AvgIpc) is 3.86. The summed E-state index contributed by atoms with van der Waals surface area (Å²) in [4.78, 5) is 0. The van der Waals surface area contributed by atoms with E-state index < -0.39 is 14.1 Å². The van der Waals surface area contributed by atoms with Crippen LogP contribution in [0.4, 0.5) is 0 Å². The van der Waals surface area contributed by atoms with Gasteiger partial charge in [0.25, 0.3) is 0 Å². The molecule has 0 saturated heterocycles. The van der Waals surface area contributed by atoms with Gasteiger partial charge in [-0.1, -0.05) is 121 Å². The Morgan fingerprint density at radius 1 is 0.414 bits per heavy atom. The van der Waals surface area contributed by atoms with Gasteiger partial charge in [0.1, 0.15) is 6.15 Å². The largest absolute Gasteiger partial charge is 0.492 e. The summed E-state index contributed by atoms with van der Waals surface area (Å²) in [5, 5.41) is 1.45. The first-order chi connectivity index (χ1) is 27.6. The van der Waals surface area contributed by atoms with E-state index in [-0.39, 0.29) is 0 Å². The summed E-state index contributed by atoms with van der Waals surface area (Å²) in [5.41, 5.74) is 24.2. The smallest absolute Gasteiger partial charge is 0.175 e. The van der Waals surface area contributed by atoms with Gasteiger partial charge in [-0.05, 0) is 147 Å². The van der Waals surface area contributed by atoms with E-state index in [2.05, 4.69) is 150 Å². The summed E-state index contributed by atoms with van der Waals surface area (Å²) < 4.78 is 11.5. The molecule has 5 aromatic carbocycles. The van der Waals surface area contributed by atoms with Crippen molar-refractivity contribution in [3.05, 3.63) is 133 Å². The highest BCUT2D eigenvalue weighted by Gasteiger charge is 2.44. The van der Waals surface area contributed by atoms with Crippen LogP contribution in [0.15, 0.2) is 66.7 Å². The lowest BCUT2D eigenvalue weighted by molar-refractivity contribution is 0.400. The maximum atomic E-state index is 5.73. The molecule has 2 fully saturated rings. The summed E-state index contributed by atoms with van der Waals surface area (Å²) in [6, 6.07) is 25.5. The van der Waals surface area contributed by atoms with Gasteiger partial charge in [-0.2, -0.15) is 21.9 Å². The minimum Gasteiger partial charge on any atom is -0.492 e. The second kappa shape index (κ2) is 18.2. The van der Waals surface area contributed by atoms with Crippen LogP contribution < -0.4 is 36.6 Å². The molecule has 308 valence electrons. The molecule has 0 N–H and O–H groups in total. The molecule has 0 spiro atoms. The summed E-state index contributed by atoms with van der Waals surface area (Å²) in [7, 11) is 3.00. The third kappa shape index (κ3) is 8.32. The van der Waals surface area contributed by atoms with E-state index in [9.17, 15) is 0 Å². The minimum atomic E-state index is -1.48. The van der Waals surface area contributed by atoms with E-state index >= 15 is 0 Å². The molecule has 2 nitrogen and oxygen atoms in total. The van der Waals surface area contributed by atoms with Gasteiger partial charge in [0.15, 0.2) is 16.8 Å². The Morgan fingerprint density at radius 2 is 0.655 bits per heavy atom. The van der Waals surface area contributed by atoms with Crippen LogP contribution in [0.2, 0.25) is 0 Å². The van der Waals surface area contributed by atoms with Crippen molar-refractivity contribution in [2.45, 2.75) is 146 Å². The molecule has 5 aromatic rings. The van der Waals surface area contributed by atoms with Crippen molar-refractivity contribution in [2.75, 3.05) is 14.2 Å². The Morgan fingerprint density at radius 3 is 0.879 bits per heavy atom. The molecule has 0 aromatic heterocycles. The van der Waals surface area contributed by atoms with Crippen molar-refractivity contribution >= 4 is 41.2 Å². The van der Waals surface area contributed by atoms with Crippen molar-refractivity contribution in [1.29, 1.82) is 0 Å². The number of methoxy groups -OCH3 is 2. The fourth-order valence-electron chi connectivity index (χ4n) is 12.7. The van der Waals surface area contributed by atoms with Crippen LogP contribution >= 0.6 is 7.92 Å². The molecule has 0 heterocycles. The van der Waals surface area contributed by atoms with E-state index in [0.29, 0.717) is 0 Å². The highest BCUT2D eigenvalue weighted by molar-refractivity contribution is 7.67. The molecular weight excluding hydrogens is 722 g/mol. The molecule has 0 unspecified atom stereocenters. The van der Waals surface area contributed by atoms with Crippen LogP contribution in [0.5, 0.6) is 11.5 Å². The highest BCUT2D eigenvalue weighted by Crippen LogP contribution is 2.59. The van der Waals surface area contributed by atoms with Crippen LogP contribution in [-0.2, 0) is 0 Å². The number of ether oxygens (including phenoxy) is 2. The molecule has 0 aliphatic heterocycles. The molecule has 2 aliphatic rings. The Kier molecular flexibility index (Phi) is 13.7. The quantitative estimate of drug-likeness (QED) is 0.109. The normalized spacial score (nSPS) is 14.9. The molecule has 7 rings (SSSR count). The van der Waals surface area contributed by atoms with Crippen molar-refractivity contribution in [3.63, 3.8) is 0 Å². The zero-order valence-electron chi connectivity index (χ0n) is 38.6. The van der Waals surface area contributed by atoms with Gasteiger partial charge in [0.2, 0.25) is 0 Å². The fraction of sp³-hybridized carbons (Fsp3) is 0.444. The van der Waals surface area contributed by atoms with E-state index in [1.54, 1.807) is 14.2 Å². The van der Waals surface area contributed by atoms with E-state index in [4.69, 9.17) is 9.47 Å². The number of aryl methyl sites for hydroxylation is 12. The first-order valence-corrected chi connectivity index (χ1v) is 23.9. The van der Waals surface area contributed by atoms with Gasteiger partial charge >= 0.3 is 0 Å². The Labute approximate surface area is 354 Å². The predicted octanol–water partition coefficient (Wildman–Crippen LogP) is 11.2.